The Morgan fingerprint density at radius 3 is 2.21 bits per heavy atom. The number of nitrogens with zero attached hydrogens (tertiary/aromatic N) is 5. The van der Waals surface area contributed by atoms with E-state index in [9.17, 15) is 4.79 Å². The van der Waals surface area contributed by atoms with Gasteiger partial charge in [0.05, 0.1) is 17.6 Å². The molecule has 168 valence electrons. The van der Waals surface area contributed by atoms with Crippen molar-refractivity contribution in [1.29, 1.82) is 0 Å². The van der Waals surface area contributed by atoms with Gasteiger partial charge in [-0.2, -0.15) is 0 Å². The molecule has 0 saturated carbocycles. The fourth-order valence-electron chi connectivity index (χ4n) is 4.55. The molecule has 3 heterocycles. The third-order valence-electron chi connectivity index (χ3n) is 6.31. The number of aryl methyl sites for hydroxylation is 1. The maximum Gasteiger partial charge on any atom is 0.265 e. The Kier molecular flexibility index (Phi) is 5.90. The van der Waals surface area contributed by atoms with Crippen LogP contribution in [0.1, 0.15) is 50.4 Å². The van der Waals surface area contributed by atoms with Crippen LogP contribution in [0.15, 0.2) is 59.4 Å². The zero-order chi connectivity index (χ0) is 22.8. The summed E-state index contributed by atoms with van der Waals surface area (Å²) in [5.74, 6) is 0.740. The summed E-state index contributed by atoms with van der Waals surface area (Å²) < 4.78 is 3.86. The van der Waals surface area contributed by atoms with Crippen molar-refractivity contribution < 1.29 is 0 Å². The molecule has 0 aliphatic rings. The van der Waals surface area contributed by atoms with Crippen molar-refractivity contribution in [1.82, 2.24) is 24.1 Å². The second kappa shape index (κ2) is 9.14. The van der Waals surface area contributed by atoms with Gasteiger partial charge in [-0.05, 0) is 31.0 Å². The number of hydrogen-bond donors (Lipinski definition) is 0. The first-order valence-corrected chi connectivity index (χ1v) is 11.9. The smallest absolute Gasteiger partial charge is 0.265 e. The van der Waals surface area contributed by atoms with E-state index in [2.05, 4.69) is 19.1 Å². The molecule has 5 rings (SSSR count). The molecule has 2 aromatic carbocycles. The van der Waals surface area contributed by atoms with Gasteiger partial charge < -0.3 is 4.57 Å². The summed E-state index contributed by atoms with van der Waals surface area (Å²) >= 11 is 0. The van der Waals surface area contributed by atoms with Crippen LogP contribution in [0.5, 0.6) is 0 Å². The quantitative estimate of drug-likeness (QED) is 0.294. The van der Waals surface area contributed by atoms with E-state index in [1.807, 2.05) is 58.5 Å². The highest BCUT2D eigenvalue weighted by Gasteiger charge is 2.21. The van der Waals surface area contributed by atoms with Crippen molar-refractivity contribution in [3.8, 4) is 0 Å². The monoisotopic (exact) mass is 439 g/mol. The Hall–Kier alpha value is -3.54. The second-order valence-corrected chi connectivity index (χ2v) is 8.68. The minimum absolute atomic E-state index is 0.0191. The molecule has 6 nitrogen and oxygen atoms in total. The van der Waals surface area contributed by atoms with Crippen molar-refractivity contribution in [2.45, 2.75) is 59.0 Å². The summed E-state index contributed by atoms with van der Waals surface area (Å²) in [4.78, 5) is 28.5. The van der Waals surface area contributed by atoms with Gasteiger partial charge in [0, 0.05) is 6.54 Å². The first-order chi connectivity index (χ1) is 16.2. The zero-order valence-corrected chi connectivity index (χ0v) is 19.3. The van der Waals surface area contributed by atoms with E-state index in [-0.39, 0.29) is 5.56 Å². The predicted octanol–water partition coefficient (Wildman–Crippen LogP) is 5.62. The minimum Gasteiger partial charge on any atom is -0.304 e. The van der Waals surface area contributed by atoms with E-state index in [4.69, 9.17) is 15.0 Å². The highest BCUT2D eigenvalue weighted by atomic mass is 16.1. The van der Waals surface area contributed by atoms with Crippen LogP contribution < -0.4 is 5.56 Å². The Balaban J connectivity index is 1.70. The third kappa shape index (κ3) is 4.01. The van der Waals surface area contributed by atoms with Crippen LogP contribution in [-0.2, 0) is 13.1 Å². The lowest BCUT2D eigenvalue weighted by molar-refractivity contribution is 0.546. The second-order valence-electron chi connectivity index (χ2n) is 8.68. The number of aromatic nitrogens is 5. The number of benzene rings is 2. The molecule has 0 N–H and O–H groups in total. The molecule has 3 aromatic heterocycles. The summed E-state index contributed by atoms with van der Waals surface area (Å²) in [7, 11) is 0. The molecule has 0 fully saturated rings. The van der Waals surface area contributed by atoms with Gasteiger partial charge in [0.15, 0.2) is 11.3 Å². The molecule has 0 unspecified atom stereocenters. The minimum atomic E-state index is -0.0191. The van der Waals surface area contributed by atoms with Gasteiger partial charge in [0.1, 0.15) is 16.7 Å². The molecule has 5 aromatic rings. The Morgan fingerprint density at radius 1 is 0.758 bits per heavy atom. The summed E-state index contributed by atoms with van der Waals surface area (Å²) in [5, 5.41) is 0.568. The molecule has 0 atom stereocenters. The topological polar surface area (TPSA) is 65.6 Å². The van der Waals surface area contributed by atoms with E-state index in [1.165, 1.54) is 19.3 Å². The SMILES string of the molecule is CCCCCCCn1c(C)nc2c(c1=O)c1nc3ccccc3nc1n2Cc1ccccc1. The third-order valence-corrected chi connectivity index (χ3v) is 6.31. The van der Waals surface area contributed by atoms with Gasteiger partial charge in [0.2, 0.25) is 0 Å². The maximum absolute atomic E-state index is 13.7. The van der Waals surface area contributed by atoms with Crippen molar-refractivity contribution in [3.05, 3.63) is 76.3 Å². The molecule has 0 aliphatic heterocycles. The standard InChI is InChI=1S/C27H29N5O/c1-3-4-5-6-12-17-31-19(2)28-25-23(27(31)33)24-26(30-22-16-11-10-15-21(22)29-24)32(25)18-20-13-8-7-9-14-20/h7-11,13-16H,3-6,12,17-18H2,1-2H3. The average molecular weight is 440 g/mol. The highest BCUT2D eigenvalue weighted by molar-refractivity contribution is 6.04. The summed E-state index contributed by atoms with van der Waals surface area (Å²) in [6.45, 7) is 5.40. The lowest BCUT2D eigenvalue weighted by Gasteiger charge is -2.11. The van der Waals surface area contributed by atoms with Crippen molar-refractivity contribution in [2.24, 2.45) is 0 Å². The number of fused-ring (bicyclic) bond motifs is 4. The molecule has 0 aliphatic carbocycles. The summed E-state index contributed by atoms with van der Waals surface area (Å²) in [6.07, 6.45) is 5.75. The first kappa shape index (κ1) is 21.3. The van der Waals surface area contributed by atoms with Gasteiger partial charge >= 0.3 is 0 Å². The molecule has 33 heavy (non-hydrogen) atoms. The summed E-state index contributed by atoms with van der Waals surface area (Å²) in [5.41, 5.74) is 4.72. The Bertz CT molecular complexity index is 1480. The van der Waals surface area contributed by atoms with E-state index < -0.39 is 0 Å². The van der Waals surface area contributed by atoms with Crippen LogP contribution >= 0.6 is 0 Å². The van der Waals surface area contributed by atoms with E-state index in [1.54, 1.807) is 0 Å². The van der Waals surface area contributed by atoms with Crippen molar-refractivity contribution in [2.75, 3.05) is 0 Å². The normalized spacial score (nSPS) is 11.7. The molecule has 0 bridgehead atoms. The van der Waals surface area contributed by atoms with Crippen molar-refractivity contribution >= 4 is 33.2 Å². The number of rotatable bonds is 8. The fourth-order valence-corrected chi connectivity index (χ4v) is 4.55. The van der Waals surface area contributed by atoms with Crippen LogP contribution in [0, 0.1) is 6.92 Å². The van der Waals surface area contributed by atoms with Gasteiger partial charge in [-0.25, -0.2) is 15.0 Å². The van der Waals surface area contributed by atoms with Gasteiger partial charge in [-0.1, -0.05) is 75.1 Å². The van der Waals surface area contributed by atoms with E-state index >= 15 is 0 Å². The van der Waals surface area contributed by atoms with Crippen LogP contribution in [0.3, 0.4) is 0 Å². The van der Waals surface area contributed by atoms with E-state index in [0.29, 0.717) is 35.3 Å². The number of para-hydroxylation sites is 2. The number of hydrogen-bond acceptors (Lipinski definition) is 4. The van der Waals surface area contributed by atoms with Crippen LogP contribution in [0.25, 0.3) is 33.2 Å². The van der Waals surface area contributed by atoms with Gasteiger partial charge in [-0.15, -0.1) is 0 Å². The van der Waals surface area contributed by atoms with Crippen LogP contribution in [0.4, 0.5) is 0 Å². The molecule has 0 amide bonds. The van der Waals surface area contributed by atoms with Crippen molar-refractivity contribution in [3.63, 3.8) is 0 Å². The van der Waals surface area contributed by atoms with Crippen LogP contribution in [0.2, 0.25) is 0 Å². The van der Waals surface area contributed by atoms with Gasteiger partial charge in [0.25, 0.3) is 5.56 Å². The molecular weight excluding hydrogens is 410 g/mol. The lowest BCUT2D eigenvalue weighted by atomic mass is 10.1. The van der Waals surface area contributed by atoms with Gasteiger partial charge in [-0.3, -0.25) is 9.36 Å². The predicted molar refractivity (Wildman–Crippen MR) is 134 cm³/mol. The molecule has 6 heteroatoms. The largest absolute Gasteiger partial charge is 0.304 e. The lowest BCUT2D eigenvalue weighted by Crippen LogP contribution is -2.24. The molecular formula is C27H29N5O. The Labute approximate surface area is 192 Å². The molecule has 0 radical (unpaired) electrons. The summed E-state index contributed by atoms with van der Waals surface area (Å²) in [6, 6.07) is 18.0. The zero-order valence-electron chi connectivity index (χ0n) is 19.3. The molecule has 0 saturated heterocycles. The average Bonchev–Trinajstić information content (AvgIpc) is 3.12. The maximum atomic E-state index is 13.7. The first-order valence-electron chi connectivity index (χ1n) is 11.9. The fraction of sp³-hybridized carbons (Fsp3) is 0.333. The Morgan fingerprint density at radius 2 is 1.45 bits per heavy atom. The highest BCUT2D eigenvalue weighted by Crippen LogP contribution is 2.26. The van der Waals surface area contributed by atoms with Crippen LogP contribution in [-0.4, -0.2) is 24.1 Å². The molecule has 0 spiro atoms. The number of unbranched alkanes of at least 4 members (excludes halogenated alkanes) is 4. The van der Waals surface area contributed by atoms with E-state index in [0.717, 1.165) is 35.3 Å².